The first-order valence-electron chi connectivity index (χ1n) is 5.39. The van der Waals surface area contributed by atoms with Gasteiger partial charge in [0, 0.05) is 29.8 Å². The number of aromatic nitrogens is 1. The van der Waals surface area contributed by atoms with Crippen molar-refractivity contribution in [3.63, 3.8) is 0 Å². The molecule has 2 heterocycles. The third-order valence-electron chi connectivity index (χ3n) is 2.91. The van der Waals surface area contributed by atoms with Crippen LogP contribution in [0.5, 0.6) is 0 Å². The maximum absolute atomic E-state index is 5.78. The molecular weight excluding hydrogens is 254 g/mol. The quantitative estimate of drug-likeness (QED) is 0.895. The summed E-state index contributed by atoms with van der Waals surface area (Å²) in [7, 11) is 0. The van der Waals surface area contributed by atoms with Crippen LogP contribution in [0.3, 0.4) is 0 Å². The van der Waals surface area contributed by atoms with E-state index in [1.54, 1.807) is 0 Å². The second-order valence-corrected chi connectivity index (χ2v) is 4.83. The highest BCUT2D eigenvalue weighted by Crippen LogP contribution is 2.23. The van der Waals surface area contributed by atoms with Crippen LogP contribution in [0.2, 0.25) is 0 Å². The summed E-state index contributed by atoms with van der Waals surface area (Å²) in [5, 5.41) is 0. The molecule has 1 aromatic heterocycles. The fraction of sp³-hybridized carbons (Fsp3) is 0.545. The number of anilines is 1. The van der Waals surface area contributed by atoms with Crippen molar-refractivity contribution < 1.29 is 0 Å². The number of nitrogens with zero attached hydrogens (tertiary/aromatic N) is 2. The van der Waals surface area contributed by atoms with Crippen molar-refractivity contribution in [2.45, 2.75) is 25.3 Å². The smallest absolute Gasteiger partial charge is 0.128 e. The summed E-state index contributed by atoms with van der Waals surface area (Å²) in [6.07, 6.45) is 5.56. The Morgan fingerprint density at radius 3 is 3.00 bits per heavy atom. The lowest BCUT2D eigenvalue weighted by Crippen LogP contribution is -2.44. The largest absolute Gasteiger partial charge is 0.352 e. The van der Waals surface area contributed by atoms with Crippen molar-refractivity contribution >= 4 is 21.7 Å². The molecule has 0 spiro atoms. The van der Waals surface area contributed by atoms with Crippen LogP contribution in [0.4, 0.5) is 5.82 Å². The summed E-state index contributed by atoms with van der Waals surface area (Å²) in [6, 6.07) is 4.55. The Labute approximate surface area is 98.8 Å². The molecule has 0 amide bonds. The summed E-state index contributed by atoms with van der Waals surface area (Å²) < 4.78 is 1.02. The normalized spacial score (nSPS) is 21.7. The minimum absolute atomic E-state index is 0.465. The Hall–Kier alpha value is -0.610. The molecule has 1 unspecified atom stereocenters. The van der Waals surface area contributed by atoms with Crippen LogP contribution >= 0.6 is 15.9 Å². The van der Waals surface area contributed by atoms with Gasteiger partial charge in [0.2, 0.25) is 0 Å². The lowest BCUT2D eigenvalue weighted by molar-refractivity contribution is 0.462. The Kier molecular flexibility index (Phi) is 3.59. The summed E-state index contributed by atoms with van der Waals surface area (Å²) in [5.74, 6) is 1.05. The van der Waals surface area contributed by atoms with Gasteiger partial charge in [0.15, 0.2) is 0 Å². The number of nitrogens with two attached hydrogens (primary N) is 1. The highest BCUT2D eigenvalue weighted by molar-refractivity contribution is 9.10. The zero-order valence-electron chi connectivity index (χ0n) is 8.69. The van der Waals surface area contributed by atoms with E-state index in [0.29, 0.717) is 6.04 Å². The van der Waals surface area contributed by atoms with Gasteiger partial charge in [-0.05, 0) is 47.3 Å². The zero-order chi connectivity index (χ0) is 10.7. The SMILES string of the molecule is NCC1CCCCN1c1ccc(Br)cn1. The summed E-state index contributed by atoms with van der Waals surface area (Å²) in [6.45, 7) is 1.80. The third-order valence-corrected chi connectivity index (χ3v) is 3.37. The van der Waals surface area contributed by atoms with E-state index < -0.39 is 0 Å². The molecule has 1 fully saturated rings. The molecule has 0 aliphatic carbocycles. The van der Waals surface area contributed by atoms with Crippen LogP contribution in [0.1, 0.15) is 19.3 Å². The van der Waals surface area contributed by atoms with Gasteiger partial charge in [-0.15, -0.1) is 0 Å². The molecule has 1 aliphatic rings. The van der Waals surface area contributed by atoms with Gasteiger partial charge in [-0.1, -0.05) is 0 Å². The van der Waals surface area contributed by atoms with Crippen LogP contribution in [-0.2, 0) is 0 Å². The molecular formula is C11H16BrN3. The van der Waals surface area contributed by atoms with Gasteiger partial charge >= 0.3 is 0 Å². The molecule has 82 valence electrons. The maximum Gasteiger partial charge on any atom is 0.128 e. The third kappa shape index (κ3) is 2.49. The summed E-state index contributed by atoms with van der Waals surface area (Å²) >= 11 is 3.40. The van der Waals surface area contributed by atoms with E-state index in [4.69, 9.17) is 5.73 Å². The van der Waals surface area contributed by atoms with Crippen LogP contribution in [-0.4, -0.2) is 24.1 Å². The molecule has 4 heteroatoms. The Morgan fingerprint density at radius 1 is 1.47 bits per heavy atom. The molecule has 0 radical (unpaired) electrons. The Balaban J connectivity index is 2.16. The number of halogens is 1. The van der Waals surface area contributed by atoms with E-state index in [-0.39, 0.29) is 0 Å². The molecule has 15 heavy (non-hydrogen) atoms. The van der Waals surface area contributed by atoms with Crippen molar-refractivity contribution in [3.8, 4) is 0 Å². The molecule has 1 aromatic rings. The molecule has 0 saturated carbocycles. The predicted molar refractivity (Wildman–Crippen MR) is 66.0 cm³/mol. The Morgan fingerprint density at radius 2 is 2.33 bits per heavy atom. The fourth-order valence-electron chi connectivity index (χ4n) is 2.09. The molecule has 1 atom stereocenters. The lowest BCUT2D eigenvalue weighted by atomic mass is 10.0. The first-order chi connectivity index (χ1) is 7.31. The molecule has 3 nitrogen and oxygen atoms in total. The van der Waals surface area contributed by atoms with Crippen LogP contribution < -0.4 is 10.6 Å². The van der Waals surface area contributed by atoms with E-state index in [9.17, 15) is 0 Å². The summed E-state index contributed by atoms with van der Waals surface area (Å²) in [5.41, 5.74) is 5.78. The first-order valence-corrected chi connectivity index (χ1v) is 6.19. The van der Waals surface area contributed by atoms with E-state index in [1.165, 1.54) is 19.3 Å². The maximum atomic E-state index is 5.78. The fourth-order valence-corrected chi connectivity index (χ4v) is 2.32. The van der Waals surface area contributed by atoms with Crippen molar-refractivity contribution in [2.24, 2.45) is 5.73 Å². The van der Waals surface area contributed by atoms with Gasteiger partial charge in [-0.3, -0.25) is 0 Å². The number of piperidine rings is 1. The van der Waals surface area contributed by atoms with Crippen molar-refractivity contribution in [2.75, 3.05) is 18.0 Å². The van der Waals surface area contributed by atoms with Crippen molar-refractivity contribution in [1.82, 2.24) is 4.98 Å². The molecule has 1 aliphatic heterocycles. The monoisotopic (exact) mass is 269 g/mol. The predicted octanol–water partition coefficient (Wildman–Crippen LogP) is 2.16. The average molecular weight is 270 g/mol. The second kappa shape index (κ2) is 4.94. The van der Waals surface area contributed by atoms with Crippen molar-refractivity contribution in [1.29, 1.82) is 0 Å². The molecule has 2 rings (SSSR count). The van der Waals surface area contributed by atoms with Gasteiger partial charge in [0.05, 0.1) is 0 Å². The van der Waals surface area contributed by atoms with Gasteiger partial charge in [0.1, 0.15) is 5.82 Å². The highest BCUT2D eigenvalue weighted by Gasteiger charge is 2.21. The molecule has 0 bridgehead atoms. The number of hydrogen-bond acceptors (Lipinski definition) is 3. The molecule has 2 N–H and O–H groups in total. The number of rotatable bonds is 2. The number of pyridine rings is 1. The minimum Gasteiger partial charge on any atom is -0.352 e. The van der Waals surface area contributed by atoms with E-state index in [2.05, 4.69) is 31.9 Å². The average Bonchev–Trinajstić information content (AvgIpc) is 2.30. The van der Waals surface area contributed by atoms with Gasteiger partial charge in [-0.2, -0.15) is 0 Å². The first kappa shape index (κ1) is 10.9. The molecule has 0 aromatic carbocycles. The second-order valence-electron chi connectivity index (χ2n) is 3.91. The van der Waals surface area contributed by atoms with Gasteiger partial charge in [-0.25, -0.2) is 4.98 Å². The van der Waals surface area contributed by atoms with Crippen LogP contribution in [0.15, 0.2) is 22.8 Å². The van der Waals surface area contributed by atoms with E-state index in [0.717, 1.165) is 23.4 Å². The molecule has 1 saturated heterocycles. The van der Waals surface area contributed by atoms with Crippen LogP contribution in [0.25, 0.3) is 0 Å². The van der Waals surface area contributed by atoms with Gasteiger partial charge in [0.25, 0.3) is 0 Å². The Bertz CT molecular complexity index is 312. The van der Waals surface area contributed by atoms with E-state index in [1.807, 2.05) is 12.3 Å². The number of hydrogen-bond donors (Lipinski definition) is 1. The van der Waals surface area contributed by atoms with E-state index >= 15 is 0 Å². The van der Waals surface area contributed by atoms with Crippen molar-refractivity contribution in [3.05, 3.63) is 22.8 Å². The minimum atomic E-state index is 0.465. The zero-order valence-corrected chi connectivity index (χ0v) is 10.3. The van der Waals surface area contributed by atoms with Gasteiger partial charge < -0.3 is 10.6 Å². The lowest BCUT2D eigenvalue weighted by Gasteiger charge is -2.35. The summed E-state index contributed by atoms with van der Waals surface area (Å²) in [4.78, 5) is 6.75. The standard InChI is InChI=1S/C11H16BrN3/c12-9-4-5-11(14-8-9)15-6-2-1-3-10(15)7-13/h4-5,8,10H,1-3,6-7,13H2. The highest BCUT2D eigenvalue weighted by atomic mass is 79.9. The van der Waals surface area contributed by atoms with Crippen LogP contribution in [0, 0.1) is 0 Å². The topological polar surface area (TPSA) is 42.1 Å².